The minimum atomic E-state index is -0.262. The van der Waals surface area contributed by atoms with E-state index in [-0.39, 0.29) is 24.3 Å². The second-order valence-electron chi connectivity index (χ2n) is 8.40. The largest absolute Gasteiger partial charge is 0.459 e. The lowest BCUT2D eigenvalue weighted by Gasteiger charge is -2.36. The molecule has 34 heavy (non-hydrogen) atoms. The van der Waals surface area contributed by atoms with Crippen LogP contribution in [0.5, 0.6) is 0 Å². The molecule has 0 bridgehead atoms. The Labute approximate surface area is 199 Å². The molecular formula is C26H21N3O4S. The van der Waals surface area contributed by atoms with Crippen molar-refractivity contribution in [2.45, 2.75) is 6.54 Å². The molecule has 0 atom stereocenters. The number of imide groups is 1. The van der Waals surface area contributed by atoms with E-state index in [1.165, 1.54) is 11.2 Å². The van der Waals surface area contributed by atoms with Gasteiger partial charge >= 0.3 is 0 Å². The topological polar surface area (TPSA) is 74.1 Å². The minimum Gasteiger partial charge on any atom is -0.459 e. The number of amides is 3. The third-order valence-corrected chi connectivity index (χ3v) is 7.51. The summed E-state index contributed by atoms with van der Waals surface area (Å²) in [4.78, 5) is 45.3. The Morgan fingerprint density at radius 3 is 2.50 bits per heavy atom. The maximum atomic E-state index is 13.4. The van der Waals surface area contributed by atoms with Crippen LogP contribution >= 0.6 is 11.3 Å². The van der Waals surface area contributed by atoms with Crippen LogP contribution in [0, 0.1) is 0 Å². The highest BCUT2D eigenvalue weighted by Gasteiger charge is 2.39. The average Bonchev–Trinajstić information content (AvgIpc) is 3.60. The molecule has 2 aliphatic rings. The molecule has 7 nitrogen and oxygen atoms in total. The molecular weight excluding hydrogens is 450 g/mol. The molecule has 0 radical (unpaired) electrons. The van der Waals surface area contributed by atoms with Gasteiger partial charge in [0.2, 0.25) is 0 Å². The van der Waals surface area contributed by atoms with Gasteiger partial charge in [-0.05, 0) is 41.8 Å². The van der Waals surface area contributed by atoms with Crippen LogP contribution in [-0.2, 0) is 6.54 Å². The summed E-state index contributed by atoms with van der Waals surface area (Å²) >= 11 is 1.60. The standard InChI is InChI=1S/C26H21N3O4S/c30-24-19-6-3-7-20(27-10-12-28(13-11-27)25(31)21-8-4-14-33-21)23(19)26(32)29(24)16-18-15-17-5-1-2-9-22(17)34-18/h1-9,14-15H,10-13,16H2. The Kier molecular flexibility index (Phi) is 4.95. The number of carbonyl (C=O) groups excluding carboxylic acids is 3. The zero-order valence-corrected chi connectivity index (χ0v) is 19.1. The first-order valence-electron chi connectivity index (χ1n) is 11.1. The Morgan fingerprint density at radius 1 is 0.912 bits per heavy atom. The molecule has 1 saturated heterocycles. The average molecular weight is 472 g/mol. The molecule has 0 aliphatic carbocycles. The van der Waals surface area contributed by atoms with Crippen molar-refractivity contribution < 1.29 is 18.8 Å². The summed E-state index contributed by atoms with van der Waals surface area (Å²) in [6.07, 6.45) is 1.49. The maximum absolute atomic E-state index is 13.4. The van der Waals surface area contributed by atoms with Crippen LogP contribution in [0.4, 0.5) is 5.69 Å². The van der Waals surface area contributed by atoms with E-state index in [1.807, 2.05) is 42.5 Å². The normalized spacial score (nSPS) is 15.9. The Hall–Kier alpha value is -3.91. The van der Waals surface area contributed by atoms with E-state index in [9.17, 15) is 14.4 Å². The number of furan rings is 1. The number of piperazine rings is 1. The molecule has 0 unspecified atom stereocenters. The first kappa shape index (κ1) is 20.7. The van der Waals surface area contributed by atoms with Gasteiger partial charge in [-0.2, -0.15) is 0 Å². The van der Waals surface area contributed by atoms with Crippen LogP contribution in [0.3, 0.4) is 0 Å². The SMILES string of the molecule is O=C(c1ccco1)N1CCN(c2cccc3c2C(=O)N(Cc2cc4ccccc4s2)C3=O)CC1. The van der Waals surface area contributed by atoms with Crippen molar-refractivity contribution in [3.05, 3.63) is 88.7 Å². The van der Waals surface area contributed by atoms with Gasteiger partial charge in [0.15, 0.2) is 5.76 Å². The molecule has 8 heteroatoms. The van der Waals surface area contributed by atoms with E-state index in [2.05, 4.69) is 4.90 Å². The van der Waals surface area contributed by atoms with E-state index in [1.54, 1.807) is 34.4 Å². The van der Waals surface area contributed by atoms with Crippen LogP contribution in [0.2, 0.25) is 0 Å². The minimum absolute atomic E-state index is 0.135. The zero-order valence-electron chi connectivity index (χ0n) is 18.3. The molecule has 4 heterocycles. The van der Waals surface area contributed by atoms with Gasteiger partial charge in [0.1, 0.15) is 0 Å². The number of anilines is 1. The van der Waals surface area contributed by atoms with Gasteiger partial charge in [-0.15, -0.1) is 11.3 Å². The molecule has 1 fully saturated rings. The van der Waals surface area contributed by atoms with Crippen molar-refractivity contribution in [3.63, 3.8) is 0 Å². The Balaban J connectivity index is 1.22. The number of rotatable bonds is 4. The van der Waals surface area contributed by atoms with Gasteiger partial charge in [0, 0.05) is 35.8 Å². The van der Waals surface area contributed by atoms with E-state index in [0.717, 1.165) is 20.7 Å². The smallest absolute Gasteiger partial charge is 0.289 e. The maximum Gasteiger partial charge on any atom is 0.289 e. The van der Waals surface area contributed by atoms with Crippen LogP contribution in [0.25, 0.3) is 10.1 Å². The van der Waals surface area contributed by atoms with Crippen LogP contribution in [0.1, 0.15) is 36.1 Å². The first-order chi connectivity index (χ1) is 16.6. The second-order valence-corrected chi connectivity index (χ2v) is 9.57. The lowest BCUT2D eigenvalue weighted by atomic mass is 10.1. The van der Waals surface area contributed by atoms with Crippen LogP contribution in [0.15, 0.2) is 71.3 Å². The van der Waals surface area contributed by atoms with Crippen molar-refractivity contribution in [3.8, 4) is 0 Å². The number of hydrogen-bond acceptors (Lipinski definition) is 6. The zero-order chi connectivity index (χ0) is 23.2. The van der Waals surface area contributed by atoms with Crippen molar-refractivity contribution >= 4 is 44.8 Å². The van der Waals surface area contributed by atoms with Crippen LogP contribution in [-0.4, -0.2) is 53.7 Å². The summed E-state index contributed by atoms with van der Waals surface area (Å²) in [5.41, 5.74) is 1.65. The summed E-state index contributed by atoms with van der Waals surface area (Å²) in [5, 5.41) is 1.11. The van der Waals surface area contributed by atoms with E-state index in [4.69, 9.17) is 4.42 Å². The number of hydrogen-bond donors (Lipinski definition) is 0. The lowest BCUT2D eigenvalue weighted by Crippen LogP contribution is -2.49. The summed E-state index contributed by atoms with van der Waals surface area (Å²) in [6, 6.07) is 18.9. The number of nitrogens with zero attached hydrogens (tertiary/aromatic N) is 3. The highest BCUT2D eigenvalue weighted by Crippen LogP contribution is 2.35. The molecule has 0 saturated carbocycles. The number of carbonyl (C=O) groups is 3. The first-order valence-corrected chi connectivity index (χ1v) is 12.0. The van der Waals surface area contributed by atoms with Gasteiger partial charge in [-0.1, -0.05) is 24.3 Å². The van der Waals surface area contributed by atoms with Crippen LogP contribution < -0.4 is 4.90 Å². The van der Waals surface area contributed by atoms with E-state index >= 15 is 0 Å². The van der Waals surface area contributed by atoms with E-state index in [0.29, 0.717) is 43.1 Å². The van der Waals surface area contributed by atoms with E-state index < -0.39 is 0 Å². The molecule has 2 aromatic carbocycles. The molecule has 2 aromatic heterocycles. The number of fused-ring (bicyclic) bond motifs is 2. The Bertz CT molecular complexity index is 1380. The van der Waals surface area contributed by atoms with Crippen molar-refractivity contribution in [1.29, 1.82) is 0 Å². The van der Waals surface area contributed by atoms with Gasteiger partial charge in [0.05, 0.1) is 29.6 Å². The number of thiophene rings is 1. The summed E-state index contributed by atoms with van der Waals surface area (Å²) in [7, 11) is 0. The third kappa shape index (κ3) is 3.38. The fourth-order valence-electron chi connectivity index (χ4n) is 4.70. The number of benzene rings is 2. The predicted molar refractivity (Wildman–Crippen MR) is 129 cm³/mol. The highest BCUT2D eigenvalue weighted by atomic mass is 32.1. The summed E-state index contributed by atoms with van der Waals surface area (Å²) < 4.78 is 6.37. The molecule has 4 aromatic rings. The molecule has 0 N–H and O–H groups in total. The molecule has 0 spiro atoms. The summed E-state index contributed by atoms with van der Waals surface area (Å²) in [6.45, 7) is 2.42. The predicted octanol–water partition coefficient (Wildman–Crippen LogP) is 4.25. The quantitative estimate of drug-likeness (QED) is 0.416. The third-order valence-electron chi connectivity index (χ3n) is 6.41. The molecule has 3 amide bonds. The van der Waals surface area contributed by atoms with Crippen molar-refractivity contribution in [2.24, 2.45) is 0 Å². The Morgan fingerprint density at radius 2 is 1.74 bits per heavy atom. The fraction of sp³-hybridized carbons (Fsp3) is 0.192. The summed E-state index contributed by atoms with van der Waals surface area (Å²) in [5.74, 6) is -0.330. The van der Waals surface area contributed by atoms with Crippen molar-refractivity contribution in [1.82, 2.24) is 9.80 Å². The van der Waals surface area contributed by atoms with Crippen molar-refractivity contribution in [2.75, 3.05) is 31.1 Å². The molecule has 6 rings (SSSR count). The van der Waals surface area contributed by atoms with Gasteiger partial charge < -0.3 is 14.2 Å². The molecule has 2 aliphatic heterocycles. The van der Waals surface area contributed by atoms with Gasteiger partial charge in [0.25, 0.3) is 17.7 Å². The molecule has 170 valence electrons. The highest BCUT2D eigenvalue weighted by molar-refractivity contribution is 7.19. The lowest BCUT2D eigenvalue weighted by molar-refractivity contribution is 0.0641. The van der Waals surface area contributed by atoms with Gasteiger partial charge in [-0.3, -0.25) is 19.3 Å². The second kappa shape index (κ2) is 8.14. The monoisotopic (exact) mass is 471 g/mol. The fourth-order valence-corrected chi connectivity index (χ4v) is 5.75. The van der Waals surface area contributed by atoms with Gasteiger partial charge in [-0.25, -0.2) is 0 Å².